The number of rotatable bonds is 4. The lowest BCUT2D eigenvalue weighted by atomic mass is 10.1. The van der Waals surface area contributed by atoms with Crippen LogP contribution in [0.25, 0.3) is 0 Å². The van der Waals surface area contributed by atoms with E-state index < -0.39 is 17.8 Å². The Morgan fingerprint density at radius 3 is 2.60 bits per heavy atom. The van der Waals surface area contributed by atoms with Crippen LogP contribution in [0.15, 0.2) is 48.5 Å². The fraction of sp³-hybridized carbons (Fsp3) is 0.133. The largest absolute Gasteiger partial charge is 0.399 e. The van der Waals surface area contributed by atoms with Crippen molar-refractivity contribution in [3.8, 4) is 0 Å². The molecule has 0 spiro atoms. The molecule has 0 bridgehead atoms. The average molecular weight is 274 g/mol. The predicted molar refractivity (Wildman–Crippen MR) is 74.5 cm³/mol. The van der Waals surface area contributed by atoms with Crippen LogP contribution in [0.1, 0.15) is 22.0 Å². The molecular formula is C15H15FN2O2. The van der Waals surface area contributed by atoms with E-state index in [0.29, 0.717) is 5.69 Å². The van der Waals surface area contributed by atoms with Crippen molar-refractivity contribution in [2.75, 3.05) is 12.3 Å². The molecule has 0 aliphatic heterocycles. The van der Waals surface area contributed by atoms with E-state index in [1.54, 1.807) is 24.3 Å². The molecule has 2 aromatic carbocycles. The fourth-order valence-electron chi connectivity index (χ4n) is 1.87. The number of nitrogens with one attached hydrogen (secondary N) is 1. The highest BCUT2D eigenvalue weighted by atomic mass is 19.1. The van der Waals surface area contributed by atoms with Gasteiger partial charge >= 0.3 is 0 Å². The zero-order valence-electron chi connectivity index (χ0n) is 10.7. The SMILES string of the molecule is Nc1ccc(F)c(C(=O)N[C@@H](CO)c2ccccc2)c1. The topological polar surface area (TPSA) is 75.4 Å². The normalized spacial score (nSPS) is 11.9. The van der Waals surface area contributed by atoms with Gasteiger partial charge in [-0.2, -0.15) is 0 Å². The summed E-state index contributed by atoms with van der Waals surface area (Å²) in [5, 5.41) is 11.9. The first-order valence-corrected chi connectivity index (χ1v) is 6.13. The molecule has 0 aromatic heterocycles. The molecule has 1 atom stereocenters. The molecule has 4 N–H and O–H groups in total. The highest BCUT2D eigenvalue weighted by Crippen LogP contribution is 2.16. The predicted octanol–water partition coefficient (Wildman–Crippen LogP) is 1.87. The van der Waals surface area contributed by atoms with Crippen LogP contribution >= 0.6 is 0 Å². The Kier molecular flexibility index (Phi) is 4.32. The molecule has 2 rings (SSSR count). The second-order valence-corrected chi connectivity index (χ2v) is 4.36. The highest BCUT2D eigenvalue weighted by molar-refractivity contribution is 5.95. The number of aliphatic hydroxyl groups is 1. The lowest BCUT2D eigenvalue weighted by Gasteiger charge is -2.17. The molecule has 0 unspecified atom stereocenters. The summed E-state index contributed by atoms with van der Waals surface area (Å²) in [7, 11) is 0. The summed E-state index contributed by atoms with van der Waals surface area (Å²) in [5.74, 6) is -1.26. The molecule has 0 heterocycles. The van der Waals surface area contributed by atoms with Gasteiger partial charge in [-0.05, 0) is 23.8 Å². The van der Waals surface area contributed by atoms with E-state index in [1.165, 1.54) is 12.1 Å². The summed E-state index contributed by atoms with van der Waals surface area (Å²) >= 11 is 0. The summed E-state index contributed by atoms with van der Waals surface area (Å²) in [6.07, 6.45) is 0. The minimum Gasteiger partial charge on any atom is -0.399 e. The fourth-order valence-corrected chi connectivity index (χ4v) is 1.87. The molecule has 0 aliphatic rings. The minimum atomic E-state index is -0.651. The van der Waals surface area contributed by atoms with Crippen LogP contribution in [0, 0.1) is 5.82 Å². The van der Waals surface area contributed by atoms with E-state index in [2.05, 4.69) is 5.32 Å². The lowest BCUT2D eigenvalue weighted by Crippen LogP contribution is -2.31. The summed E-state index contributed by atoms with van der Waals surface area (Å²) in [6, 6.07) is 12.2. The third-order valence-electron chi connectivity index (χ3n) is 2.92. The molecule has 104 valence electrons. The van der Waals surface area contributed by atoms with Gasteiger partial charge in [-0.3, -0.25) is 4.79 Å². The molecular weight excluding hydrogens is 259 g/mol. The Bertz CT molecular complexity index is 602. The van der Waals surface area contributed by atoms with Crippen molar-refractivity contribution in [1.82, 2.24) is 5.32 Å². The van der Waals surface area contributed by atoms with E-state index in [1.807, 2.05) is 6.07 Å². The van der Waals surface area contributed by atoms with E-state index in [9.17, 15) is 14.3 Å². The third-order valence-corrected chi connectivity index (χ3v) is 2.92. The van der Waals surface area contributed by atoms with Gasteiger partial charge in [0.1, 0.15) is 5.82 Å². The Morgan fingerprint density at radius 1 is 1.25 bits per heavy atom. The number of benzene rings is 2. The highest BCUT2D eigenvalue weighted by Gasteiger charge is 2.17. The van der Waals surface area contributed by atoms with Crippen molar-refractivity contribution in [1.29, 1.82) is 0 Å². The van der Waals surface area contributed by atoms with Crippen LogP contribution in [-0.4, -0.2) is 17.6 Å². The summed E-state index contributed by atoms with van der Waals surface area (Å²) < 4.78 is 13.6. The molecule has 0 aliphatic carbocycles. The van der Waals surface area contributed by atoms with Crippen LogP contribution < -0.4 is 11.1 Å². The number of carbonyl (C=O) groups is 1. The van der Waals surface area contributed by atoms with Crippen molar-refractivity contribution in [2.45, 2.75) is 6.04 Å². The van der Waals surface area contributed by atoms with Gasteiger partial charge in [-0.25, -0.2) is 4.39 Å². The van der Waals surface area contributed by atoms with Gasteiger partial charge in [-0.1, -0.05) is 30.3 Å². The number of amides is 1. The third kappa shape index (κ3) is 3.13. The van der Waals surface area contributed by atoms with E-state index in [0.717, 1.165) is 11.6 Å². The van der Waals surface area contributed by atoms with E-state index in [-0.39, 0.29) is 12.2 Å². The van der Waals surface area contributed by atoms with Crippen molar-refractivity contribution in [3.05, 3.63) is 65.5 Å². The first-order chi connectivity index (χ1) is 9.61. The maximum atomic E-state index is 13.6. The average Bonchev–Trinajstić information content (AvgIpc) is 2.48. The van der Waals surface area contributed by atoms with Gasteiger partial charge in [0, 0.05) is 5.69 Å². The first kappa shape index (κ1) is 14.0. The van der Waals surface area contributed by atoms with Crippen molar-refractivity contribution < 1.29 is 14.3 Å². The first-order valence-electron chi connectivity index (χ1n) is 6.13. The van der Waals surface area contributed by atoms with Gasteiger partial charge in [-0.15, -0.1) is 0 Å². The molecule has 0 saturated carbocycles. The Hall–Kier alpha value is -2.40. The number of carbonyl (C=O) groups excluding carboxylic acids is 1. The zero-order chi connectivity index (χ0) is 14.5. The Balaban J connectivity index is 2.20. The maximum absolute atomic E-state index is 13.6. The van der Waals surface area contributed by atoms with E-state index >= 15 is 0 Å². The van der Waals surface area contributed by atoms with Crippen LogP contribution in [0.4, 0.5) is 10.1 Å². The second-order valence-electron chi connectivity index (χ2n) is 4.36. The van der Waals surface area contributed by atoms with Gasteiger partial charge < -0.3 is 16.2 Å². The molecule has 0 fully saturated rings. The minimum absolute atomic E-state index is 0.139. The number of hydrogen-bond acceptors (Lipinski definition) is 3. The number of aliphatic hydroxyl groups excluding tert-OH is 1. The quantitative estimate of drug-likeness (QED) is 0.745. The number of nitrogens with two attached hydrogens (primary N) is 1. The monoisotopic (exact) mass is 274 g/mol. The smallest absolute Gasteiger partial charge is 0.254 e. The summed E-state index contributed by atoms with van der Waals surface area (Å²) in [5.41, 5.74) is 6.45. The summed E-state index contributed by atoms with van der Waals surface area (Å²) in [6.45, 7) is -0.278. The van der Waals surface area contributed by atoms with Crippen molar-refractivity contribution in [2.24, 2.45) is 0 Å². The number of anilines is 1. The van der Waals surface area contributed by atoms with Crippen molar-refractivity contribution >= 4 is 11.6 Å². The molecule has 4 nitrogen and oxygen atoms in total. The van der Waals surface area contributed by atoms with Gasteiger partial charge in [0.05, 0.1) is 18.2 Å². The van der Waals surface area contributed by atoms with E-state index in [4.69, 9.17) is 5.73 Å². The standard InChI is InChI=1S/C15H15FN2O2/c16-13-7-6-11(17)8-12(13)15(20)18-14(9-19)10-4-2-1-3-5-10/h1-8,14,19H,9,17H2,(H,18,20)/t14-/m0/s1. The molecule has 1 amide bonds. The zero-order valence-corrected chi connectivity index (χ0v) is 10.7. The van der Waals surface area contributed by atoms with Crippen molar-refractivity contribution in [3.63, 3.8) is 0 Å². The van der Waals surface area contributed by atoms with Crippen LogP contribution in [0.3, 0.4) is 0 Å². The summed E-state index contributed by atoms with van der Waals surface area (Å²) in [4.78, 5) is 12.0. The van der Waals surface area contributed by atoms with Gasteiger partial charge in [0.25, 0.3) is 5.91 Å². The van der Waals surface area contributed by atoms with Crippen LogP contribution in [0.2, 0.25) is 0 Å². The number of hydrogen-bond donors (Lipinski definition) is 3. The molecule has 0 saturated heterocycles. The second kappa shape index (κ2) is 6.16. The molecule has 0 radical (unpaired) electrons. The molecule has 20 heavy (non-hydrogen) atoms. The van der Waals surface area contributed by atoms with Crippen LogP contribution in [-0.2, 0) is 0 Å². The molecule has 5 heteroatoms. The lowest BCUT2D eigenvalue weighted by molar-refractivity contribution is 0.0912. The maximum Gasteiger partial charge on any atom is 0.254 e. The van der Waals surface area contributed by atoms with Gasteiger partial charge in [0.2, 0.25) is 0 Å². The number of nitrogen functional groups attached to an aromatic ring is 1. The Labute approximate surface area is 116 Å². The molecule has 2 aromatic rings. The van der Waals surface area contributed by atoms with Crippen LogP contribution in [0.5, 0.6) is 0 Å². The van der Waals surface area contributed by atoms with Gasteiger partial charge in [0.15, 0.2) is 0 Å². The number of halogens is 1. The Morgan fingerprint density at radius 2 is 1.95 bits per heavy atom.